The zero-order chi connectivity index (χ0) is 39.5. The summed E-state index contributed by atoms with van der Waals surface area (Å²) in [5.41, 5.74) is 3.45. The number of rotatable bonds is 14. The van der Waals surface area contributed by atoms with Crippen LogP contribution in [-0.4, -0.2) is 86.4 Å². The smallest absolute Gasteiger partial charge is 0.329 e. The minimum atomic E-state index is -0.470. The Bertz CT molecular complexity index is 2270. The van der Waals surface area contributed by atoms with E-state index in [-0.39, 0.29) is 24.3 Å². The number of carbonyl (C=O) groups excluding carboxylic acids is 3. The molecule has 0 saturated carbocycles. The fourth-order valence-corrected chi connectivity index (χ4v) is 8.74. The van der Waals surface area contributed by atoms with Crippen molar-refractivity contribution in [1.82, 2.24) is 39.9 Å². The summed E-state index contributed by atoms with van der Waals surface area (Å²) < 4.78 is 32.0. The second-order valence-corrected chi connectivity index (χ2v) is 15.6. The van der Waals surface area contributed by atoms with Crippen LogP contribution in [0.15, 0.2) is 54.9 Å². The van der Waals surface area contributed by atoms with Crippen LogP contribution in [0.4, 0.5) is 25.2 Å². The van der Waals surface area contributed by atoms with Crippen LogP contribution in [0.1, 0.15) is 104 Å². The topological polar surface area (TPSA) is 133 Å². The molecule has 3 aliphatic heterocycles. The molecule has 300 valence electrons. The highest BCUT2D eigenvalue weighted by atomic mass is 19.1. The number of aryl methyl sites for hydroxylation is 1. The summed E-state index contributed by atoms with van der Waals surface area (Å²) in [4.78, 5) is 48.1. The molecule has 2 N–H and O–H groups in total. The molecule has 5 aromatic rings. The number of carbonyl (C=O) groups is 3. The zero-order valence-corrected chi connectivity index (χ0v) is 32.4. The third kappa shape index (κ3) is 8.34. The molecule has 3 aromatic heterocycles. The summed E-state index contributed by atoms with van der Waals surface area (Å²) in [5.74, 6) is 0.311. The summed E-state index contributed by atoms with van der Waals surface area (Å²) in [6, 6.07) is 11.1. The Morgan fingerprint density at radius 1 is 0.930 bits per heavy atom. The molecule has 0 bridgehead atoms. The van der Waals surface area contributed by atoms with E-state index in [1.54, 1.807) is 21.7 Å². The lowest BCUT2D eigenvalue weighted by atomic mass is 9.89. The van der Waals surface area contributed by atoms with Gasteiger partial charge in [-0.3, -0.25) is 24.5 Å². The first-order chi connectivity index (χ1) is 27.7. The van der Waals surface area contributed by atoms with Crippen molar-refractivity contribution < 1.29 is 23.2 Å². The highest BCUT2D eigenvalue weighted by Gasteiger charge is 2.31. The molecule has 8 rings (SSSR count). The number of hydrogen-bond acceptors (Lipinski definition) is 8. The Labute approximate surface area is 330 Å². The molecular weight excluding hydrogens is 731 g/mol. The van der Waals surface area contributed by atoms with Gasteiger partial charge in [-0.15, -0.1) is 0 Å². The molecular formula is C42H50F2N10O3. The lowest BCUT2D eigenvalue weighted by Gasteiger charge is -2.32. The van der Waals surface area contributed by atoms with Crippen molar-refractivity contribution in [2.75, 3.05) is 49.1 Å². The van der Waals surface area contributed by atoms with Gasteiger partial charge in [-0.1, -0.05) is 31.7 Å². The van der Waals surface area contributed by atoms with Gasteiger partial charge < -0.3 is 15.1 Å². The molecule has 0 radical (unpaired) electrons. The van der Waals surface area contributed by atoms with E-state index in [9.17, 15) is 23.2 Å². The quantitative estimate of drug-likeness (QED) is 0.120. The lowest BCUT2D eigenvalue weighted by molar-refractivity contribution is -0.120. The number of fused-ring (bicyclic) bond motifs is 2. The van der Waals surface area contributed by atoms with Crippen LogP contribution in [-0.2, 0) is 11.8 Å². The first-order valence-corrected chi connectivity index (χ1v) is 20.4. The Kier molecular flexibility index (Phi) is 11.4. The van der Waals surface area contributed by atoms with Gasteiger partial charge in [0.05, 0.1) is 17.8 Å². The van der Waals surface area contributed by atoms with Crippen molar-refractivity contribution >= 4 is 46.0 Å². The van der Waals surface area contributed by atoms with Crippen LogP contribution >= 0.6 is 0 Å². The number of nitrogens with one attached hydrogen (secondary N) is 2. The molecule has 6 heterocycles. The standard InChI is InChI=1S/C42H50F2N10O3/c1-50-36-25-29(10-12-31(36)40(49-50)53-23-17-38(55)48-42(53)57)28-14-21-51(22-15-28)19-7-5-3-2-4-6-18-45-41(56)33-27-46-54-24-16-37(47-39(33)54)52-20-8-9-35(52)32-26-30(43)11-13-34(32)44/h10-13,16,24-28,35H,2-9,14-15,17-23H2,1H3,(H,45,56)(H,48,55,57)/t35-/m1/s1. The summed E-state index contributed by atoms with van der Waals surface area (Å²) in [6.45, 7) is 4.84. The fourth-order valence-electron chi connectivity index (χ4n) is 8.74. The summed E-state index contributed by atoms with van der Waals surface area (Å²) >= 11 is 0. The number of likely N-dealkylation sites (tertiary alicyclic amines) is 1. The van der Waals surface area contributed by atoms with Gasteiger partial charge >= 0.3 is 6.03 Å². The van der Waals surface area contributed by atoms with Gasteiger partial charge in [0.25, 0.3) is 5.91 Å². The number of anilines is 2. The molecule has 3 saturated heterocycles. The van der Waals surface area contributed by atoms with E-state index in [0.29, 0.717) is 60.4 Å². The molecule has 3 fully saturated rings. The summed E-state index contributed by atoms with van der Waals surface area (Å²) in [6.07, 6.45) is 13.9. The zero-order valence-electron chi connectivity index (χ0n) is 32.4. The highest BCUT2D eigenvalue weighted by molar-refractivity contribution is 6.08. The van der Waals surface area contributed by atoms with Gasteiger partial charge in [0.1, 0.15) is 23.0 Å². The Morgan fingerprint density at radius 3 is 2.56 bits per heavy atom. The van der Waals surface area contributed by atoms with Crippen molar-refractivity contribution in [3.63, 3.8) is 0 Å². The third-order valence-electron chi connectivity index (χ3n) is 11.9. The van der Waals surface area contributed by atoms with Crippen LogP contribution in [0, 0.1) is 11.6 Å². The van der Waals surface area contributed by atoms with Crippen LogP contribution in [0.5, 0.6) is 0 Å². The van der Waals surface area contributed by atoms with Gasteiger partial charge in [-0.2, -0.15) is 10.2 Å². The minimum Gasteiger partial charge on any atom is -0.352 e. The number of halogens is 2. The summed E-state index contributed by atoms with van der Waals surface area (Å²) in [5, 5.41) is 15.3. The van der Waals surface area contributed by atoms with Crippen LogP contribution < -0.4 is 20.4 Å². The maximum absolute atomic E-state index is 14.7. The average Bonchev–Trinajstić information content (AvgIpc) is 3.95. The van der Waals surface area contributed by atoms with Gasteiger partial charge in [-0.25, -0.2) is 23.1 Å². The molecule has 1 atom stereocenters. The van der Waals surface area contributed by atoms with Crippen molar-refractivity contribution in [3.05, 3.63) is 83.2 Å². The van der Waals surface area contributed by atoms with Crippen LogP contribution in [0.2, 0.25) is 0 Å². The largest absolute Gasteiger partial charge is 0.352 e. The number of urea groups is 1. The Hall–Kier alpha value is -5.44. The van der Waals surface area contributed by atoms with Gasteiger partial charge in [0.2, 0.25) is 5.91 Å². The first-order valence-electron chi connectivity index (χ1n) is 20.4. The molecule has 13 nitrogen and oxygen atoms in total. The van der Waals surface area contributed by atoms with Gasteiger partial charge in [0.15, 0.2) is 11.5 Å². The second kappa shape index (κ2) is 17.0. The number of unbranched alkanes of at least 4 members (excludes halogenated alkanes) is 5. The molecule has 0 aliphatic carbocycles. The molecule has 57 heavy (non-hydrogen) atoms. The number of nitrogens with zero attached hydrogens (tertiary/aromatic N) is 8. The highest BCUT2D eigenvalue weighted by Crippen LogP contribution is 2.37. The van der Waals surface area contributed by atoms with E-state index in [2.05, 4.69) is 43.9 Å². The number of hydrogen-bond donors (Lipinski definition) is 2. The van der Waals surface area contributed by atoms with Crippen LogP contribution in [0.25, 0.3) is 16.6 Å². The number of aromatic nitrogens is 5. The van der Waals surface area contributed by atoms with Gasteiger partial charge in [-0.05, 0) is 106 Å². The van der Waals surface area contributed by atoms with E-state index < -0.39 is 17.7 Å². The number of imide groups is 1. The lowest BCUT2D eigenvalue weighted by Crippen LogP contribution is -2.49. The van der Waals surface area contributed by atoms with Crippen LogP contribution in [0.3, 0.4) is 0 Å². The number of piperidine rings is 1. The number of amides is 4. The van der Waals surface area contributed by atoms with Crippen molar-refractivity contribution in [2.24, 2.45) is 7.05 Å². The predicted molar refractivity (Wildman–Crippen MR) is 213 cm³/mol. The third-order valence-corrected chi connectivity index (χ3v) is 11.9. The normalized spacial score (nSPS) is 18.3. The summed E-state index contributed by atoms with van der Waals surface area (Å²) in [7, 11) is 1.90. The maximum Gasteiger partial charge on any atom is 0.329 e. The minimum absolute atomic E-state index is 0.220. The van der Waals surface area contributed by atoms with Crippen molar-refractivity contribution in [3.8, 4) is 0 Å². The maximum atomic E-state index is 14.7. The first kappa shape index (κ1) is 38.4. The van der Waals surface area contributed by atoms with E-state index in [1.165, 1.54) is 43.2 Å². The average molecular weight is 781 g/mol. The van der Waals surface area contributed by atoms with E-state index in [0.717, 1.165) is 75.1 Å². The molecule has 15 heteroatoms. The van der Waals surface area contributed by atoms with Crippen molar-refractivity contribution in [1.29, 1.82) is 0 Å². The SMILES string of the molecule is Cn1nc(N2CCC(=O)NC2=O)c2ccc(C3CCN(CCCCCCCCNC(=O)c4cnn5ccc(N6CCC[C@@H]6c6cc(F)ccc6F)nc45)CC3)cc21. The Morgan fingerprint density at radius 2 is 1.74 bits per heavy atom. The fraction of sp³-hybridized carbons (Fsp3) is 0.476. The number of benzene rings is 2. The molecule has 4 amide bonds. The molecule has 0 spiro atoms. The second-order valence-electron chi connectivity index (χ2n) is 15.6. The van der Waals surface area contributed by atoms with E-state index in [4.69, 9.17) is 4.98 Å². The Balaban J connectivity index is 0.729. The molecule has 0 unspecified atom stereocenters. The predicted octanol–water partition coefficient (Wildman–Crippen LogP) is 6.63. The van der Waals surface area contributed by atoms with E-state index >= 15 is 0 Å². The molecule has 3 aliphatic rings. The van der Waals surface area contributed by atoms with Crippen molar-refractivity contribution in [2.45, 2.75) is 82.6 Å². The van der Waals surface area contributed by atoms with Gasteiger partial charge in [0, 0.05) is 50.2 Å². The molecule has 2 aromatic carbocycles. The monoisotopic (exact) mass is 780 g/mol. The van der Waals surface area contributed by atoms with E-state index in [1.807, 2.05) is 16.6 Å².